The fourth-order valence-electron chi connectivity index (χ4n) is 5.15. The summed E-state index contributed by atoms with van der Waals surface area (Å²) in [5, 5.41) is 23.5. The zero-order valence-electron chi connectivity index (χ0n) is 22.3. The number of aromatic nitrogens is 1. The third-order valence-electron chi connectivity index (χ3n) is 7.24. The predicted molar refractivity (Wildman–Crippen MR) is 153 cm³/mol. The van der Waals surface area contributed by atoms with E-state index in [1.165, 1.54) is 36.8 Å². The molecule has 2 aromatic carbocycles. The van der Waals surface area contributed by atoms with E-state index in [1.54, 1.807) is 18.2 Å². The van der Waals surface area contributed by atoms with Gasteiger partial charge >= 0.3 is 5.91 Å². The summed E-state index contributed by atoms with van der Waals surface area (Å²) in [5.41, 5.74) is 2.06. The normalized spacial score (nSPS) is 14.9. The van der Waals surface area contributed by atoms with Gasteiger partial charge in [-0.2, -0.15) is 0 Å². The maximum atomic E-state index is 13.4. The van der Waals surface area contributed by atoms with Crippen molar-refractivity contribution in [3.63, 3.8) is 0 Å². The van der Waals surface area contributed by atoms with E-state index in [4.69, 9.17) is 13.8 Å². The van der Waals surface area contributed by atoms with Crippen LogP contribution in [-0.4, -0.2) is 64.3 Å². The van der Waals surface area contributed by atoms with Crippen molar-refractivity contribution in [3.8, 4) is 5.88 Å². The quantitative estimate of drug-likeness (QED) is 0.167. The van der Waals surface area contributed by atoms with Crippen LogP contribution in [0.3, 0.4) is 0 Å². The van der Waals surface area contributed by atoms with E-state index in [0.717, 1.165) is 42.9 Å². The van der Waals surface area contributed by atoms with Crippen LogP contribution in [0.15, 0.2) is 93.1 Å². The van der Waals surface area contributed by atoms with Crippen LogP contribution < -0.4 is 4.90 Å². The maximum absolute atomic E-state index is 13.4. The second-order valence-electron chi connectivity index (χ2n) is 9.87. The molecule has 11 nitrogen and oxygen atoms in total. The standard InChI is InChI=1S/C30H27N5O6/c1-32-13-4-14-33(16-15-32)21-9-7-20(8-10-21)31-28(25-5-2-17-40-25)27-23-12-11-22(35(38)39)19-24(23)34(30(27)37)29(36)26-6-3-18-41-26/h2-3,5-12,17-19,37H,4,13-16H2,1H3. The van der Waals surface area contributed by atoms with Gasteiger partial charge in [-0.1, -0.05) is 0 Å². The van der Waals surface area contributed by atoms with Crippen molar-refractivity contribution in [1.29, 1.82) is 0 Å². The summed E-state index contributed by atoms with van der Waals surface area (Å²) in [6, 6.07) is 18.2. The summed E-state index contributed by atoms with van der Waals surface area (Å²) in [7, 11) is 2.13. The van der Waals surface area contributed by atoms with Gasteiger partial charge in [-0.25, -0.2) is 9.56 Å². The van der Waals surface area contributed by atoms with Crippen molar-refractivity contribution in [1.82, 2.24) is 9.47 Å². The molecule has 0 atom stereocenters. The highest BCUT2D eigenvalue weighted by molar-refractivity contribution is 6.22. The Morgan fingerprint density at radius 3 is 2.37 bits per heavy atom. The van der Waals surface area contributed by atoms with Gasteiger partial charge in [0.05, 0.1) is 34.2 Å². The second kappa shape index (κ2) is 10.8. The van der Waals surface area contributed by atoms with Gasteiger partial charge in [0.25, 0.3) is 5.69 Å². The molecule has 1 saturated heterocycles. The van der Waals surface area contributed by atoms with Gasteiger partial charge < -0.3 is 23.7 Å². The minimum absolute atomic E-state index is 0.0398. The molecule has 1 N–H and O–H groups in total. The molecular formula is C30H27N5O6. The van der Waals surface area contributed by atoms with Crippen LogP contribution >= 0.6 is 0 Å². The zero-order chi connectivity index (χ0) is 28.5. The molecule has 0 bridgehead atoms. The Kier molecular flexibility index (Phi) is 6.86. The Hall–Kier alpha value is -5.16. The molecule has 1 fully saturated rings. The van der Waals surface area contributed by atoms with Crippen molar-refractivity contribution in [2.75, 3.05) is 38.1 Å². The number of non-ortho nitro benzene ring substituents is 1. The SMILES string of the molecule is CN1CCCN(c2ccc(N=C(c3ccco3)c3c(O)n(C(=O)c4ccco4)c4cc([N+](=O)[O-])ccc34)cc2)CC1. The molecule has 5 aromatic rings. The number of benzene rings is 2. The molecule has 6 rings (SSSR count). The number of hydrogen-bond acceptors (Lipinski definition) is 9. The third kappa shape index (κ3) is 4.98. The fourth-order valence-corrected chi connectivity index (χ4v) is 5.15. The van der Waals surface area contributed by atoms with Crippen LogP contribution in [0.5, 0.6) is 5.88 Å². The minimum Gasteiger partial charge on any atom is -0.494 e. The van der Waals surface area contributed by atoms with Gasteiger partial charge in [0.15, 0.2) is 11.5 Å². The molecule has 41 heavy (non-hydrogen) atoms. The highest BCUT2D eigenvalue weighted by Crippen LogP contribution is 2.37. The zero-order valence-corrected chi connectivity index (χ0v) is 22.3. The Morgan fingerprint density at radius 1 is 0.951 bits per heavy atom. The molecule has 11 heteroatoms. The van der Waals surface area contributed by atoms with E-state index in [0.29, 0.717) is 16.8 Å². The van der Waals surface area contributed by atoms with Crippen LogP contribution in [0.4, 0.5) is 17.1 Å². The summed E-state index contributed by atoms with van der Waals surface area (Å²) in [6.45, 7) is 3.95. The highest BCUT2D eigenvalue weighted by Gasteiger charge is 2.29. The number of furan rings is 2. The smallest absolute Gasteiger partial charge is 0.300 e. The first-order valence-electron chi connectivity index (χ1n) is 13.2. The molecule has 0 spiro atoms. The van der Waals surface area contributed by atoms with Crippen LogP contribution in [0.2, 0.25) is 0 Å². The van der Waals surface area contributed by atoms with Crippen molar-refractivity contribution < 1.29 is 23.7 Å². The van der Waals surface area contributed by atoms with Crippen LogP contribution in [-0.2, 0) is 0 Å². The van der Waals surface area contributed by atoms with E-state index >= 15 is 0 Å². The van der Waals surface area contributed by atoms with Gasteiger partial charge in [-0.3, -0.25) is 14.9 Å². The van der Waals surface area contributed by atoms with Crippen LogP contribution in [0.1, 0.15) is 28.3 Å². The Balaban J connectivity index is 1.48. The molecule has 1 aliphatic heterocycles. The molecule has 0 radical (unpaired) electrons. The molecule has 3 aromatic heterocycles. The molecule has 0 saturated carbocycles. The number of anilines is 1. The summed E-state index contributed by atoms with van der Waals surface area (Å²) in [5.74, 6) is -0.817. The van der Waals surface area contributed by atoms with Gasteiger partial charge in [-0.15, -0.1) is 0 Å². The van der Waals surface area contributed by atoms with E-state index in [-0.39, 0.29) is 28.2 Å². The van der Waals surface area contributed by atoms with E-state index in [9.17, 15) is 20.0 Å². The average molecular weight is 554 g/mol. The number of fused-ring (bicyclic) bond motifs is 1. The molecule has 208 valence electrons. The number of carbonyl (C=O) groups excluding carboxylic acids is 1. The van der Waals surface area contributed by atoms with Crippen molar-refractivity contribution >= 4 is 39.6 Å². The van der Waals surface area contributed by atoms with Gasteiger partial charge in [0, 0.05) is 42.8 Å². The van der Waals surface area contributed by atoms with Crippen LogP contribution in [0, 0.1) is 10.1 Å². The van der Waals surface area contributed by atoms with Crippen molar-refractivity contribution in [2.45, 2.75) is 6.42 Å². The number of carbonyl (C=O) groups is 1. The fraction of sp³-hybridized carbons (Fsp3) is 0.200. The van der Waals surface area contributed by atoms with Gasteiger partial charge in [0.2, 0.25) is 5.88 Å². The third-order valence-corrected chi connectivity index (χ3v) is 7.24. The van der Waals surface area contributed by atoms with Crippen LogP contribution in [0.25, 0.3) is 10.9 Å². The highest BCUT2D eigenvalue weighted by atomic mass is 16.6. The predicted octanol–water partition coefficient (Wildman–Crippen LogP) is 5.44. The summed E-state index contributed by atoms with van der Waals surface area (Å²) >= 11 is 0. The van der Waals surface area contributed by atoms with Gasteiger partial charge in [-0.05, 0) is 74.6 Å². The first-order chi connectivity index (χ1) is 19.9. The molecule has 4 heterocycles. The number of aliphatic imine (C=N–C) groups is 1. The lowest BCUT2D eigenvalue weighted by Crippen LogP contribution is -2.28. The maximum Gasteiger partial charge on any atom is 0.300 e. The lowest BCUT2D eigenvalue weighted by atomic mass is 10.1. The Labute approximate surface area is 234 Å². The molecule has 1 aliphatic rings. The Morgan fingerprint density at radius 2 is 1.68 bits per heavy atom. The largest absolute Gasteiger partial charge is 0.494 e. The number of nitro benzene ring substituents is 1. The summed E-state index contributed by atoms with van der Waals surface area (Å²) in [4.78, 5) is 33.9. The molecule has 0 amide bonds. The number of likely N-dealkylation sites (N-methyl/N-ethyl adjacent to an activating group) is 1. The Bertz CT molecular complexity index is 1740. The average Bonchev–Trinajstić information content (AvgIpc) is 3.72. The number of nitro groups is 1. The number of aromatic hydroxyl groups is 1. The van der Waals surface area contributed by atoms with E-state index in [2.05, 4.69) is 16.8 Å². The number of hydrogen-bond donors (Lipinski definition) is 1. The lowest BCUT2D eigenvalue weighted by molar-refractivity contribution is -0.384. The van der Waals surface area contributed by atoms with Crippen molar-refractivity contribution in [2.24, 2.45) is 4.99 Å². The topological polar surface area (TPSA) is 130 Å². The number of rotatable bonds is 6. The summed E-state index contributed by atoms with van der Waals surface area (Å²) < 4.78 is 12.0. The molecule has 0 aliphatic carbocycles. The van der Waals surface area contributed by atoms with E-state index in [1.807, 2.05) is 24.3 Å². The first-order valence-corrected chi connectivity index (χ1v) is 13.2. The van der Waals surface area contributed by atoms with E-state index < -0.39 is 16.7 Å². The second-order valence-corrected chi connectivity index (χ2v) is 9.87. The molecular weight excluding hydrogens is 526 g/mol. The monoisotopic (exact) mass is 553 g/mol. The minimum atomic E-state index is -0.685. The molecule has 0 unspecified atom stereocenters. The first kappa shape index (κ1) is 26.1. The number of nitrogens with zero attached hydrogens (tertiary/aromatic N) is 5. The van der Waals surface area contributed by atoms with Gasteiger partial charge in [0.1, 0.15) is 5.71 Å². The van der Waals surface area contributed by atoms with Crippen molar-refractivity contribution in [3.05, 3.63) is 106 Å². The summed E-state index contributed by atoms with van der Waals surface area (Å²) in [6.07, 6.45) is 3.90. The lowest BCUT2D eigenvalue weighted by Gasteiger charge is -2.22.